The van der Waals surface area contributed by atoms with Gasteiger partial charge >= 0.3 is 0 Å². The molecule has 0 atom stereocenters. The smallest absolute Gasteiger partial charge is 0.269 e. The van der Waals surface area contributed by atoms with Crippen LogP contribution in [0.2, 0.25) is 0 Å². The standard InChI is InChI=1S/C26H29N3O3S2/c1-26(2)22-10-9-21(16-23(22)29(5)24(26)30)32-25(33)28(4)18-7-6-8-20(15-18)31-13-12-27(3)19-11-14-34-17-19/h6-11,14-17H,12-13H2,1-5H3. The van der Waals surface area contributed by atoms with E-state index < -0.39 is 5.41 Å². The molecule has 0 unspecified atom stereocenters. The van der Waals surface area contributed by atoms with Crippen LogP contribution in [0, 0.1) is 0 Å². The predicted molar refractivity (Wildman–Crippen MR) is 144 cm³/mol. The van der Waals surface area contributed by atoms with Crippen LogP contribution in [0.1, 0.15) is 19.4 Å². The molecule has 34 heavy (non-hydrogen) atoms. The highest BCUT2D eigenvalue weighted by Crippen LogP contribution is 2.42. The van der Waals surface area contributed by atoms with Gasteiger partial charge in [-0.15, -0.1) is 0 Å². The normalized spacial score (nSPS) is 14.0. The summed E-state index contributed by atoms with van der Waals surface area (Å²) in [6.45, 7) is 5.22. The van der Waals surface area contributed by atoms with Gasteiger partial charge < -0.3 is 24.2 Å². The molecule has 2 heterocycles. The third-order valence-electron chi connectivity index (χ3n) is 6.17. The Kier molecular flexibility index (Phi) is 6.81. The summed E-state index contributed by atoms with van der Waals surface area (Å²) in [4.78, 5) is 18.2. The number of ether oxygens (including phenoxy) is 2. The summed E-state index contributed by atoms with van der Waals surface area (Å²) in [5.74, 6) is 1.43. The zero-order valence-corrected chi connectivity index (χ0v) is 21.7. The van der Waals surface area contributed by atoms with E-state index in [4.69, 9.17) is 21.7 Å². The van der Waals surface area contributed by atoms with E-state index in [1.54, 1.807) is 28.2 Å². The van der Waals surface area contributed by atoms with E-state index in [1.165, 1.54) is 5.69 Å². The van der Waals surface area contributed by atoms with Gasteiger partial charge in [-0.2, -0.15) is 11.3 Å². The second-order valence-electron chi connectivity index (χ2n) is 8.84. The molecule has 1 aliphatic rings. The first-order chi connectivity index (χ1) is 16.2. The van der Waals surface area contributed by atoms with Gasteiger partial charge in [-0.05, 0) is 61.3 Å². The van der Waals surface area contributed by atoms with Crippen LogP contribution in [0.15, 0.2) is 59.3 Å². The Labute approximate surface area is 210 Å². The molecule has 0 aliphatic carbocycles. The van der Waals surface area contributed by atoms with Crippen LogP contribution in [0.25, 0.3) is 0 Å². The molecule has 0 N–H and O–H groups in total. The van der Waals surface area contributed by atoms with Crippen molar-refractivity contribution in [2.45, 2.75) is 19.3 Å². The molecular formula is C26H29N3O3S2. The van der Waals surface area contributed by atoms with Gasteiger partial charge in [0.05, 0.1) is 17.6 Å². The Balaban J connectivity index is 1.38. The summed E-state index contributed by atoms with van der Waals surface area (Å²) in [6, 6.07) is 15.5. The summed E-state index contributed by atoms with van der Waals surface area (Å²) in [6.07, 6.45) is 0. The molecule has 0 bridgehead atoms. The van der Waals surface area contributed by atoms with E-state index in [1.807, 2.05) is 63.4 Å². The van der Waals surface area contributed by atoms with E-state index in [0.717, 1.165) is 29.2 Å². The SMILES string of the molecule is CN(CCOc1cccc(N(C)C(=S)Oc2ccc3c(c2)N(C)C(=O)C3(C)C)c1)c1ccsc1. The summed E-state index contributed by atoms with van der Waals surface area (Å²) < 4.78 is 11.9. The van der Waals surface area contributed by atoms with Gasteiger partial charge in [-0.25, -0.2) is 0 Å². The Morgan fingerprint density at radius 1 is 1.09 bits per heavy atom. The quantitative estimate of drug-likeness (QED) is 0.414. The van der Waals surface area contributed by atoms with Crippen LogP contribution in [0.4, 0.5) is 17.1 Å². The molecule has 0 saturated heterocycles. The first-order valence-corrected chi connectivity index (χ1v) is 12.4. The first kappa shape index (κ1) is 24.0. The second-order valence-corrected chi connectivity index (χ2v) is 9.97. The number of nitrogens with zero attached hydrogens (tertiary/aromatic N) is 3. The lowest BCUT2D eigenvalue weighted by Gasteiger charge is -2.22. The summed E-state index contributed by atoms with van der Waals surface area (Å²) >= 11 is 7.24. The fourth-order valence-electron chi connectivity index (χ4n) is 3.99. The van der Waals surface area contributed by atoms with Crippen molar-refractivity contribution in [1.82, 2.24) is 0 Å². The van der Waals surface area contributed by atoms with E-state index >= 15 is 0 Å². The van der Waals surface area contributed by atoms with Gasteiger partial charge in [-0.3, -0.25) is 4.79 Å². The predicted octanol–water partition coefficient (Wildman–Crippen LogP) is 5.32. The van der Waals surface area contributed by atoms with Gasteiger partial charge in [0.15, 0.2) is 0 Å². The molecule has 1 aliphatic heterocycles. The third kappa shape index (κ3) is 4.74. The number of carbonyl (C=O) groups excluding carboxylic acids is 1. The summed E-state index contributed by atoms with van der Waals surface area (Å²) in [7, 11) is 5.70. The number of amides is 1. The lowest BCUT2D eigenvalue weighted by Crippen LogP contribution is -2.33. The van der Waals surface area contributed by atoms with Crippen LogP contribution in [0.3, 0.4) is 0 Å². The summed E-state index contributed by atoms with van der Waals surface area (Å²) in [5.41, 5.74) is 3.35. The van der Waals surface area contributed by atoms with Crippen LogP contribution in [-0.2, 0) is 10.2 Å². The topological polar surface area (TPSA) is 45.2 Å². The molecule has 4 rings (SSSR count). The molecule has 1 amide bonds. The average molecular weight is 496 g/mol. The number of benzene rings is 2. The minimum Gasteiger partial charge on any atom is -0.492 e. The maximum Gasteiger partial charge on any atom is 0.269 e. The third-order valence-corrected chi connectivity index (χ3v) is 7.20. The van der Waals surface area contributed by atoms with Gasteiger partial charge in [-0.1, -0.05) is 12.1 Å². The van der Waals surface area contributed by atoms with Gasteiger partial charge in [0.1, 0.15) is 18.1 Å². The number of carbonyl (C=O) groups is 1. The van der Waals surface area contributed by atoms with Gasteiger partial charge in [0.2, 0.25) is 5.91 Å². The zero-order chi connectivity index (χ0) is 24.5. The lowest BCUT2D eigenvalue weighted by molar-refractivity contribution is -0.121. The van der Waals surface area contributed by atoms with E-state index in [9.17, 15) is 4.79 Å². The monoisotopic (exact) mass is 495 g/mol. The number of likely N-dealkylation sites (N-methyl/N-ethyl adjacent to an activating group) is 2. The maximum absolute atomic E-state index is 12.6. The number of hydrogen-bond acceptors (Lipinski definition) is 6. The number of hydrogen-bond donors (Lipinski definition) is 0. The van der Waals surface area contributed by atoms with Crippen molar-refractivity contribution < 1.29 is 14.3 Å². The molecule has 0 spiro atoms. The van der Waals surface area contributed by atoms with Crippen LogP contribution >= 0.6 is 23.6 Å². The van der Waals surface area contributed by atoms with Crippen molar-refractivity contribution in [1.29, 1.82) is 0 Å². The average Bonchev–Trinajstić information content (AvgIpc) is 3.42. The number of thiocarbonyl (C=S) groups is 1. The molecule has 6 nitrogen and oxygen atoms in total. The maximum atomic E-state index is 12.6. The summed E-state index contributed by atoms with van der Waals surface area (Å²) in [5, 5.41) is 4.49. The molecule has 0 saturated carbocycles. The van der Waals surface area contributed by atoms with E-state index in [2.05, 4.69) is 28.8 Å². The van der Waals surface area contributed by atoms with Crippen molar-refractivity contribution in [2.75, 3.05) is 49.0 Å². The number of anilines is 3. The van der Waals surface area contributed by atoms with Crippen molar-refractivity contribution in [3.8, 4) is 11.5 Å². The van der Waals surface area contributed by atoms with Crippen LogP contribution < -0.4 is 24.2 Å². The molecule has 1 aromatic heterocycles. The highest BCUT2D eigenvalue weighted by atomic mass is 32.1. The van der Waals surface area contributed by atoms with Crippen molar-refractivity contribution >= 4 is 51.7 Å². The molecule has 2 aromatic carbocycles. The van der Waals surface area contributed by atoms with Crippen LogP contribution in [-0.4, -0.2) is 45.4 Å². The van der Waals surface area contributed by atoms with Crippen molar-refractivity contribution in [3.05, 3.63) is 64.9 Å². The second kappa shape index (κ2) is 9.64. The van der Waals surface area contributed by atoms with Crippen molar-refractivity contribution in [2.24, 2.45) is 0 Å². The molecule has 0 fully saturated rings. The van der Waals surface area contributed by atoms with Crippen molar-refractivity contribution in [3.63, 3.8) is 0 Å². The van der Waals surface area contributed by atoms with Gasteiger partial charge in [0, 0.05) is 50.0 Å². The Hall–Kier alpha value is -3.10. The first-order valence-electron chi connectivity index (χ1n) is 11.0. The molecule has 8 heteroatoms. The largest absolute Gasteiger partial charge is 0.492 e. The minimum atomic E-state index is -0.543. The Bertz CT molecular complexity index is 1190. The highest BCUT2D eigenvalue weighted by molar-refractivity contribution is 7.80. The molecule has 3 aromatic rings. The van der Waals surface area contributed by atoms with Crippen LogP contribution in [0.5, 0.6) is 11.5 Å². The number of rotatable bonds is 7. The van der Waals surface area contributed by atoms with E-state index in [0.29, 0.717) is 17.5 Å². The number of fused-ring (bicyclic) bond motifs is 1. The molecular weight excluding hydrogens is 466 g/mol. The Morgan fingerprint density at radius 3 is 2.62 bits per heavy atom. The minimum absolute atomic E-state index is 0.0673. The Morgan fingerprint density at radius 2 is 1.88 bits per heavy atom. The zero-order valence-electron chi connectivity index (χ0n) is 20.1. The van der Waals surface area contributed by atoms with Gasteiger partial charge in [0.25, 0.3) is 5.17 Å². The fourth-order valence-corrected chi connectivity index (χ4v) is 4.88. The molecule has 178 valence electrons. The highest BCUT2D eigenvalue weighted by Gasteiger charge is 2.42. The van der Waals surface area contributed by atoms with E-state index in [-0.39, 0.29) is 5.91 Å². The lowest BCUT2D eigenvalue weighted by atomic mass is 9.86. The molecule has 0 radical (unpaired) electrons. The fraction of sp³-hybridized carbons (Fsp3) is 0.308. The number of thiophene rings is 1.